The summed E-state index contributed by atoms with van der Waals surface area (Å²) < 4.78 is 25.5. The predicted octanol–water partition coefficient (Wildman–Crippen LogP) is 3.36. The standard InChI is InChI=1S/C14H18ClO3PSe/c1-14(2)10-17-19(16,18-11-14)9-13(8-15)20-12-6-4-3-5-7-12/h3-7,9H,8,10-11H2,1-2H3/b13-9-. The fourth-order valence-corrected chi connectivity index (χ4v) is 6.34. The van der Waals surface area contributed by atoms with Gasteiger partial charge in [-0.1, -0.05) is 0 Å². The summed E-state index contributed by atoms with van der Waals surface area (Å²) in [5.74, 6) is 1.96. The quantitative estimate of drug-likeness (QED) is 0.457. The maximum absolute atomic E-state index is 12.5. The molecule has 110 valence electrons. The maximum atomic E-state index is 12.5. The molecule has 0 aliphatic carbocycles. The van der Waals surface area contributed by atoms with Crippen LogP contribution in [0, 0.1) is 5.41 Å². The summed E-state index contributed by atoms with van der Waals surface area (Å²) in [6.07, 6.45) is 0. The van der Waals surface area contributed by atoms with Gasteiger partial charge < -0.3 is 0 Å². The molecule has 2 rings (SSSR count). The first-order valence-corrected chi connectivity index (χ1v) is 10.2. The fraction of sp³-hybridized carbons (Fsp3) is 0.429. The summed E-state index contributed by atoms with van der Waals surface area (Å²) in [5, 5.41) is 0. The van der Waals surface area contributed by atoms with Crippen molar-refractivity contribution in [3.63, 3.8) is 0 Å². The molecule has 0 atom stereocenters. The Kier molecular flexibility index (Phi) is 5.53. The molecule has 0 aromatic heterocycles. The van der Waals surface area contributed by atoms with E-state index in [4.69, 9.17) is 20.6 Å². The Bertz CT molecular complexity index is 516. The Morgan fingerprint density at radius 2 is 1.95 bits per heavy atom. The molecule has 1 heterocycles. The van der Waals surface area contributed by atoms with Gasteiger partial charge in [0.05, 0.1) is 0 Å². The van der Waals surface area contributed by atoms with Gasteiger partial charge in [-0.15, -0.1) is 0 Å². The second-order valence-electron chi connectivity index (χ2n) is 5.40. The third-order valence-electron chi connectivity index (χ3n) is 2.70. The van der Waals surface area contributed by atoms with E-state index in [-0.39, 0.29) is 20.4 Å². The molecule has 1 saturated heterocycles. The van der Waals surface area contributed by atoms with E-state index in [1.165, 1.54) is 4.46 Å². The van der Waals surface area contributed by atoms with E-state index in [1.54, 1.807) is 5.82 Å². The third-order valence-corrected chi connectivity index (χ3v) is 7.51. The molecule has 0 saturated carbocycles. The summed E-state index contributed by atoms with van der Waals surface area (Å²) in [7, 11) is -3.13. The van der Waals surface area contributed by atoms with Gasteiger partial charge in [0.1, 0.15) is 0 Å². The van der Waals surface area contributed by atoms with E-state index in [0.717, 1.165) is 4.47 Å². The first-order chi connectivity index (χ1) is 9.42. The zero-order valence-electron chi connectivity index (χ0n) is 11.5. The number of allylic oxidation sites excluding steroid dienone is 1. The molecule has 1 aliphatic rings. The van der Waals surface area contributed by atoms with Crippen molar-refractivity contribution in [2.75, 3.05) is 19.1 Å². The Morgan fingerprint density at radius 1 is 1.35 bits per heavy atom. The fourth-order valence-electron chi connectivity index (χ4n) is 1.59. The van der Waals surface area contributed by atoms with Gasteiger partial charge in [0, 0.05) is 0 Å². The van der Waals surface area contributed by atoms with Crippen LogP contribution in [0.3, 0.4) is 0 Å². The average molecular weight is 380 g/mol. The van der Waals surface area contributed by atoms with Crippen LogP contribution in [0.15, 0.2) is 40.6 Å². The van der Waals surface area contributed by atoms with E-state index in [1.807, 2.05) is 44.2 Å². The zero-order valence-corrected chi connectivity index (χ0v) is 14.9. The van der Waals surface area contributed by atoms with Crippen LogP contribution in [0.25, 0.3) is 0 Å². The van der Waals surface area contributed by atoms with Crippen molar-refractivity contribution in [2.24, 2.45) is 5.41 Å². The zero-order chi connectivity index (χ0) is 14.6. The minimum absolute atomic E-state index is 0.0418. The van der Waals surface area contributed by atoms with Gasteiger partial charge in [-0.05, 0) is 0 Å². The Morgan fingerprint density at radius 3 is 2.50 bits per heavy atom. The van der Waals surface area contributed by atoms with Gasteiger partial charge in [0.15, 0.2) is 0 Å². The Balaban J connectivity index is 2.09. The van der Waals surface area contributed by atoms with Crippen molar-refractivity contribution >= 4 is 38.6 Å². The monoisotopic (exact) mass is 380 g/mol. The van der Waals surface area contributed by atoms with Gasteiger partial charge in [-0.2, -0.15) is 0 Å². The first kappa shape index (κ1) is 16.3. The van der Waals surface area contributed by atoms with Crippen molar-refractivity contribution in [3.8, 4) is 0 Å². The van der Waals surface area contributed by atoms with Gasteiger partial charge in [-0.25, -0.2) is 0 Å². The van der Waals surface area contributed by atoms with Gasteiger partial charge in [0.2, 0.25) is 0 Å². The van der Waals surface area contributed by atoms with Crippen LogP contribution < -0.4 is 4.46 Å². The van der Waals surface area contributed by atoms with Crippen molar-refractivity contribution in [1.82, 2.24) is 0 Å². The Labute approximate surface area is 131 Å². The van der Waals surface area contributed by atoms with Crippen molar-refractivity contribution in [3.05, 3.63) is 40.6 Å². The molecule has 1 aromatic rings. The van der Waals surface area contributed by atoms with E-state index >= 15 is 0 Å². The summed E-state index contributed by atoms with van der Waals surface area (Å²) in [6.45, 7) is 4.93. The Hall–Kier alpha value is -0.0805. The average Bonchev–Trinajstić information content (AvgIpc) is 2.43. The molecule has 0 bridgehead atoms. The molecular formula is C14H18ClO3PSe. The van der Waals surface area contributed by atoms with Crippen LogP contribution in [-0.4, -0.2) is 34.1 Å². The molecule has 1 aromatic carbocycles. The number of halogens is 1. The number of hydrogen-bond donors (Lipinski definition) is 0. The minimum atomic E-state index is -3.13. The number of benzene rings is 1. The molecular weight excluding hydrogens is 362 g/mol. The van der Waals surface area contributed by atoms with Crippen LogP contribution >= 0.6 is 19.2 Å². The molecule has 0 spiro atoms. The molecule has 3 nitrogen and oxygen atoms in total. The number of alkyl halides is 1. The van der Waals surface area contributed by atoms with Crippen molar-refractivity contribution in [1.29, 1.82) is 0 Å². The summed E-state index contributed by atoms with van der Waals surface area (Å²) in [6, 6.07) is 10.0. The molecule has 20 heavy (non-hydrogen) atoms. The van der Waals surface area contributed by atoms with E-state index < -0.39 is 7.60 Å². The van der Waals surface area contributed by atoms with Gasteiger partial charge in [-0.3, -0.25) is 0 Å². The van der Waals surface area contributed by atoms with Crippen LogP contribution in [0.2, 0.25) is 0 Å². The van der Waals surface area contributed by atoms with Crippen molar-refractivity contribution in [2.45, 2.75) is 13.8 Å². The molecule has 0 N–H and O–H groups in total. The molecule has 0 unspecified atom stereocenters. The summed E-state index contributed by atoms with van der Waals surface area (Å²) >= 11 is 6.01. The molecule has 6 heteroatoms. The predicted molar refractivity (Wildman–Crippen MR) is 83.9 cm³/mol. The van der Waals surface area contributed by atoms with Crippen LogP contribution in [0.5, 0.6) is 0 Å². The molecule has 0 amide bonds. The summed E-state index contributed by atoms with van der Waals surface area (Å²) in [5.41, 5.74) is -0.0898. The normalized spacial score (nSPS) is 21.6. The van der Waals surface area contributed by atoms with Gasteiger partial charge >= 0.3 is 131 Å². The summed E-state index contributed by atoms with van der Waals surface area (Å²) in [4.78, 5) is 0. The van der Waals surface area contributed by atoms with E-state index in [9.17, 15) is 4.57 Å². The van der Waals surface area contributed by atoms with E-state index in [0.29, 0.717) is 19.1 Å². The molecule has 1 aliphatic heterocycles. The molecule has 1 fully saturated rings. The van der Waals surface area contributed by atoms with Crippen molar-refractivity contribution < 1.29 is 13.6 Å². The number of hydrogen-bond acceptors (Lipinski definition) is 3. The van der Waals surface area contributed by atoms with Crippen LogP contribution in [0.4, 0.5) is 0 Å². The first-order valence-electron chi connectivity index (χ1n) is 6.32. The van der Waals surface area contributed by atoms with Gasteiger partial charge in [0.25, 0.3) is 0 Å². The van der Waals surface area contributed by atoms with E-state index in [2.05, 4.69) is 0 Å². The SMILES string of the molecule is CC1(C)COP(=O)(/C=C(/CCl)[Se]c2ccccc2)OC1. The van der Waals surface area contributed by atoms with Crippen LogP contribution in [-0.2, 0) is 13.6 Å². The second-order valence-corrected chi connectivity index (χ2v) is 10.0. The molecule has 0 radical (unpaired) electrons. The second kappa shape index (κ2) is 6.79. The third kappa shape index (κ3) is 4.73. The topological polar surface area (TPSA) is 35.5 Å². The van der Waals surface area contributed by atoms with Crippen LogP contribution in [0.1, 0.15) is 13.8 Å². The number of rotatable bonds is 4.